The summed E-state index contributed by atoms with van der Waals surface area (Å²) < 4.78 is 13.9. The predicted octanol–water partition coefficient (Wildman–Crippen LogP) is 3.05. The van der Waals surface area contributed by atoms with E-state index in [1.807, 2.05) is 20.0 Å². The zero-order valence-electron chi connectivity index (χ0n) is 10.2. The Bertz CT molecular complexity index is 519. The molecule has 0 radical (unpaired) electrons. The van der Waals surface area contributed by atoms with Gasteiger partial charge < -0.3 is 5.32 Å². The lowest BCUT2D eigenvalue weighted by Gasteiger charge is -2.15. The highest BCUT2D eigenvalue weighted by molar-refractivity contribution is 7.99. The summed E-state index contributed by atoms with van der Waals surface area (Å²) in [7, 11) is 1.85. The minimum absolute atomic E-state index is 0.0832. The highest BCUT2D eigenvalue weighted by atomic mass is 32.2. The molecule has 0 aliphatic rings. The van der Waals surface area contributed by atoms with Gasteiger partial charge in [-0.3, -0.25) is 4.98 Å². The van der Waals surface area contributed by atoms with Gasteiger partial charge in [0.15, 0.2) is 0 Å². The first-order chi connectivity index (χ1) is 8.72. The molecule has 0 amide bonds. The van der Waals surface area contributed by atoms with Crippen molar-refractivity contribution in [2.24, 2.45) is 0 Å². The summed E-state index contributed by atoms with van der Waals surface area (Å²) in [5, 5.41) is 3.81. The van der Waals surface area contributed by atoms with Gasteiger partial charge in [0.1, 0.15) is 10.8 Å². The SMILES string of the molecule is CNC(C)c1cccc(F)c1Sc1cnccn1. The van der Waals surface area contributed by atoms with Gasteiger partial charge in [0.05, 0.1) is 11.1 Å². The van der Waals surface area contributed by atoms with Gasteiger partial charge in [-0.1, -0.05) is 23.9 Å². The number of hydrogen-bond donors (Lipinski definition) is 1. The smallest absolute Gasteiger partial charge is 0.137 e. The second-order valence-corrected chi connectivity index (χ2v) is 4.84. The number of rotatable bonds is 4. The lowest BCUT2D eigenvalue weighted by molar-refractivity contribution is 0.575. The van der Waals surface area contributed by atoms with Crippen LogP contribution in [0.1, 0.15) is 18.5 Å². The molecule has 1 aromatic carbocycles. The van der Waals surface area contributed by atoms with Crippen molar-refractivity contribution < 1.29 is 4.39 Å². The van der Waals surface area contributed by atoms with Gasteiger partial charge in [0.2, 0.25) is 0 Å². The third-order valence-electron chi connectivity index (χ3n) is 2.64. The Morgan fingerprint density at radius 2 is 2.17 bits per heavy atom. The van der Waals surface area contributed by atoms with Crippen LogP contribution in [0.5, 0.6) is 0 Å². The molecule has 94 valence electrons. The molecule has 0 saturated heterocycles. The van der Waals surface area contributed by atoms with E-state index in [4.69, 9.17) is 0 Å². The molecule has 5 heteroatoms. The monoisotopic (exact) mass is 263 g/mol. The fourth-order valence-corrected chi connectivity index (χ4v) is 2.54. The van der Waals surface area contributed by atoms with Crippen LogP contribution in [-0.4, -0.2) is 17.0 Å². The van der Waals surface area contributed by atoms with E-state index in [1.54, 1.807) is 24.7 Å². The second-order valence-electron chi connectivity index (χ2n) is 3.81. The number of halogens is 1. The van der Waals surface area contributed by atoms with Crippen LogP contribution in [-0.2, 0) is 0 Å². The van der Waals surface area contributed by atoms with E-state index in [1.165, 1.54) is 17.8 Å². The van der Waals surface area contributed by atoms with Crippen molar-refractivity contribution in [1.82, 2.24) is 15.3 Å². The predicted molar refractivity (Wildman–Crippen MR) is 70.0 cm³/mol. The molecule has 2 rings (SSSR count). The van der Waals surface area contributed by atoms with Crippen LogP contribution < -0.4 is 5.32 Å². The molecule has 1 unspecified atom stereocenters. The molecular weight excluding hydrogens is 249 g/mol. The normalized spacial score (nSPS) is 12.4. The largest absolute Gasteiger partial charge is 0.313 e. The van der Waals surface area contributed by atoms with Crippen LogP contribution in [0.3, 0.4) is 0 Å². The summed E-state index contributed by atoms with van der Waals surface area (Å²) in [6, 6.07) is 5.19. The van der Waals surface area contributed by atoms with Crippen molar-refractivity contribution in [2.75, 3.05) is 7.05 Å². The van der Waals surface area contributed by atoms with Gasteiger partial charge in [-0.05, 0) is 25.6 Å². The van der Waals surface area contributed by atoms with E-state index in [2.05, 4.69) is 15.3 Å². The third kappa shape index (κ3) is 2.86. The molecule has 3 nitrogen and oxygen atoms in total. The van der Waals surface area contributed by atoms with Crippen molar-refractivity contribution >= 4 is 11.8 Å². The van der Waals surface area contributed by atoms with Crippen LogP contribution in [0.2, 0.25) is 0 Å². The van der Waals surface area contributed by atoms with E-state index >= 15 is 0 Å². The van der Waals surface area contributed by atoms with Crippen LogP contribution in [0.4, 0.5) is 4.39 Å². The molecule has 2 aromatic rings. The fraction of sp³-hybridized carbons (Fsp3) is 0.231. The van der Waals surface area contributed by atoms with E-state index in [0.29, 0.717) is 9.92 Å². The second kappa shape index (κ2) is 5.93. The molecular formula is C13H14FN3S. The molecule has 0 aliphatic heterocycles. The zero-order chi connectivity index (χ0) is 13.0. The van der Waals surface area contributed by atoms with E-state index in [0.717, 1.165) is 5.56 Å². The molecule has 0 saturated carbocycles. The standard InChI is InChI=1S/C13H14FN3S/c1-9(15-2)10-4-3-5-11(14)13(10)18-12-8-16-6-7-17-12/h3-9,15H,1-2H3. The molecule has 0 aliphatic carbocycles. The van der Waals surface area contributed by atoms with Crippen LogP contribution >= 0.6 is 11.8 Å². The van der Waals surface area contributed by atoms with Crippen LogP contribution in [0, 0.1) is 5.82 Å². The Hall–Kier alpha value is -1.46. The average Bonchev–Trinajstić information content (AvgIpc) is 2.41. The topological polar surface area (TPSA) is 37.8 Å². The Morgan fingerprint density at radius 3 is 2.83 bits per heavy atom. The molecule has 1 heterocycles. The average molecular weight is 263 g/mol. The number of nitrogens with zero attached hydrogens (tertiary/aromatic N) is 2. The zero-order valence-corrected chi connectivity index (χ0v) is 11.0. The van der Waals surface area contributed by atoms with Gasteiger partial charge in [0.25, 0.3) is 0 Å². The van der Waals surface area contributed by atoms with Gasteiger partial charge in [-0.25, -0.2) is 9.37 Å². The third-order valence-corrected chi connectivity index (χ3v) is 3.70. The van der Waals surface area contributed by atoms with E-state index in [-0.39, 0.29) is 11.9 Å². The van der Waals surface area contributed by atoms with Crippen LogP contribution in [0.25, 0.3) is 0 Å². The van der Waals surface area contributed by atoms with E-state index in [9.17, 15) is 4.39 Å². The Balaban J connectivity index is 2.37. The minimum Gasteiger partial charge on any atom is -0.313 e. The number of nitrogens with one attached hydrogen (secondary N) is 1. The number of benzene rings is 1. The van der Waals surface area contributed by atoms with Gasteiger partial charge in [-0.15, -0.1) is 0 Å². The van der Waals surface area contributed by atoms with Crippen molar-refractivity contribution in [3.05, 3.63) is 48.2 Å². The molecule has 18 heavy (non-hydrogen) atoms. The summed E-state index contributed by atoms with van der Waals surface area (Å²) in [5.41, 5.74) is 0.924. The lowest BCUT2D eigenvalue weighted by atomic mass is 10.1. The first-order valence-electron chi connectivity index (χ1n) is 5.62. The minimum atomic E-state index is -0.231. The van der Waals surface area contributed by atoms with Gasteiger partial charge in [-0.2, -0.15) is 0 Å². The molecule has 1 N–H and O–H groups in total. The number of aromatic nitrogens is 2. The molecule has 0 bridgehead atoms. The van der Waals surface area contributed by atoms with Crippen molar-refractivity contribution in [3.63, 3.8) is 0 Å². The van der Waals surface area contributed by atoms with E-state index < -0.39 is 0 Å². The Morgan fingerprint density at radius 1 is 1.33 bits per heavy atom. The Labute approximate surface area is 110 Å². The lowest BCUT2D eigenvalue weighted by Crippen LogP contribution is -2.13. The Kier molecular flexibility index (Phi) is 4.28. The maximum Gasteiger partial charge on any atom is 0.137 e. The molecule has 0 fully saturated rings. The summed E-state index contributed by atoms with van der Waals surface area (Å²) in [6.07, 6.45) is 4.83. The summed E-state index contributed by atoms with van der Waals surface area (Å²) in [4.78, 5) is 8.74. The highest BCUT2D eigenvalue weighted by Gasteiger charge is 2.14. The maximum absolute atomic E-state index is 13.9. The number of hydrogen-bond acceptors (Lipinski definition) is 4. The van der Waals surface area contributed by atoms with Crippen molar-refractivity contribution in [2.45, 2.75) is 22.9 Å². The molecule has 1 atom stereocenters. The molecule has 1 aromatic heterocycles. The molecule has 0 spiro atoms. The van der Waals surface area contributed by atoms with Crippen LogP contribution in [0.15, 0.2) is 46.7 Å². The van der Waals surface area contributed by atoms with Crippen molar-refractivity contribution in [1.29, 1.82) is 0 Å². The quantitative estimate of drug-likeness (QED) is 0.920. The summed E-state index contributed by atoms with van der Waals surface area (Å²) >= 11 is 1.30. The van der Waals surface area contributed by atoms with Gasteiger partial charge in [0, 0.05) is 18.4 Å². The summed E-state index contributed by atoms with van der Waals surface area (Å²) in [5.74, 6) is -0.231. The fourth-order valence-electron chi connectivity index (χ4n) is 1.57. The van der Waals surface area contributed by atoms with Crippen molar-refractivity contribution in [3.8, 4) is 0 Å². The first-order valence-corrected chi connectivity index (χ1v) is 6.43. The summed E-state index contributed by atoms with van der Waals surface area (Å²) in [6.45, 7) is 2.00. The highest BCUT2D eigenvalue weighted by Crippen LogP contribution is 2.33. The maximum atomic E-state index is 13.9. The first kappa shape index (κ1) is 13.0. The van der Waals surface area contributed by atoms with Gasteiger partial charge >= 0.3 is 0 Å².